The summed E-state index contributed by atoms with van der Waals surface area (Å²) >= 11 is 0. The maximum Gasteiger partial charge on any atom is 0.246 e. The molecule has 0 saturated carbocycles. The number of carbonyl (C=O) groups excluding carboxylic acids is 3. The predicted octanol–water partition coefficient (Wildman–Crippen LogP) is 2.91. The number of rotatable bonds is 9. The number of fused-ring (bicyclic) bond motifs is 1. The van der Waals surface area contributed by atoms with Crippen molar-refractivity contribution in [2.24, 2.45) is 11.8 Å². The van der Waals surface area contributed by atoms with Crippen molar-refractivity contribution in [2.45, 2.75) is 75.8 Å². The average molecular weight is 520 g/mol. The third kappa shape index (κ3) is 4.20. The molecule has 3 aliphatic rings. The van der Waals surface area contributed by atoms with Gasteiger partial charge in [0.25, 0.3) is 0 Å². The van der Waals surface area contributed by atoms with Crippen molar-refractivity contribution in [2.75, 3.05) is 11.9 Å². The predicted molar refractivity (Wildman–Crippen MR) is 143 cm³/mol. The van der Waals surface area contributed by atoms with Crippen molar-refractivity contribution >= 4 is 23.4 Å². The molecule has 3 amide bonds. The molecule has 0 radical (unpaired) electrons. The Labute approximate surface area is 223 Å². The highest BCUT2D eigenvalue weighted by atomic mass is 16.5. The molecule has 3 heterocycles. The quantitative estimate of drug-likeness (QED) is 0.472. The van der Waals surface area contributed by atoms with Gasteiger partial charge in [-0.25, -0.2) is 0 Å². The summed E-state index contributed by atoms with van der Waals surface area (Å²) < 4.78 is 6.79. The molecule has 2 aromatic carbocycles. The molecular formula is C30H37N3O5. The molecule has 0 aromatic heterocycles. The molecule has 1 spiro atoms. The highest BCUT2D eigenvalue weighted by Crippen LogP contribution is 2.64. The number of aliphatic hydroxyl groups excluding tert-OH is 1. The maximum atomic E-state index is 14.4. The van der Waals surface area contributed by atoms with Gasteiger partial charge in [-0.1, -0.05) is 55.5 Å². The first-order chi connectivity index (χ1) is 18.3. The van der Waals surface area contributed by atoms with Gasteiger partial charge in [-0.05, 0) is 57.2 Å². The van der Waals surface area contributed by atoms with E-state index in [0.29, 0.717) is 31.4 Å². The fraction of sp³-hybridized carbons (Fsp3) is 0.500. The van der Waals surface area contributed by atoms with Crippen molar-refractivity contribution in [1.29, 1.82) is 0 Å². The zero-order valence-electron chi connectivity index (χ0n) is 22.2. The standard InChI is InChI=1S/C30H37N3O5/c1-4-29-15-16-30(38-29)24(23(29)26(35)32-21-13-9-6-10-14-21)28(37)33(25(30)27(36)31-19(2)3)22(18-34)17-20-11-7-5-8-12-20/h5-14,19,22-25,34H,4,15-18H2,1-3H3,(H,31,36)(H,32,35)/t22-,23-,24+,25?,29+,30?/m1/s1. The summed E-state index contributed by atoms with van der Waals surface area (Å²) in [6.07, 6.45) is 2.03. The monoisotopic (exact) mass is 519 g/mol. The highest BCUT2D eigenvalue weighted by molar-refractivity contribution is 6.02. The zero-order chi connectivity index (χ0) is 27.1. The van der Waals surface area contributed by atoms with E-state index in [1.807, 2.05) is 81.4 Å². The Balaban J connectivity index is 1.56. The maximum absolute atomic E-state index is 14.4. The van der Waals surface area contributed by atoms with E-state index in [9.17, 15) is 19.5 Å². The molecule has 202 valence electrons. The van der Waals surface area contributed by atoms with Gasteiger partial charge in [0.1, 0.15) is 11.6 Å². The molecule has 0 aliphatic carbocycles. The Morgan fingerprint density at radius 2 is 1.71 bits per heavy atom. The van der Waals surface area contributed by atoms with Gasteiger partial charge in [-0.15, -0.1) is 0 Å². The van der Waals surface area contributed by atoms with Crippen LogP contribution in [0.1, 0.15) is 45.6 Å². The molecular weight excluding hydrogens is 482 g/mol. The number of anilines is 1. The third-order valence-corrected chi connectivity index (χ3v) is 8.54. The molecule has 6 atom stereocenters. The minimum Gasteiger partial charge on any atom is -0.394 e. The van der Waals surface area contributed by atoms with E-state index in [1.165, 1.54) is 4.90 Å². The Hall–Kier alpha value is -3.23. The number of ether oxygens (including phenoxy) is 1. The number of nitrogens with zero attached hydrogens (tertiary/aromatic N) is 1. The van der Waals surface area contributed by atoms with Crippen LogP contribution in [-0.4, -0.2) is 63.7 Å². The van der Waals surface area contributed by atoms with Gasteiger partial charge in [0, 0.05) is 11.7 Å². The molecule has 3 aliphatic heterocycles. The van der Waals surface area contributed by atoms with E-state index >= 15 is 0 Å². The van der Waals surface area contributed by atoms with Crippen LogP contribution < -0.4 is 10.6 Å². The van der Waals surface area contributed by atoms with Crippen molar-refractivity contribution in [1.82, 2.24) is 10.2 Å². The van der Waals surface area contributed by atoms with Crippen LogP contribution in [-0.2, 0) is 25.5 Å². The molecule has 3 N–H and O–H groups in total. The van der Waals surface area contributed by atoms with Gasteiger partial charge in [-0.2, -0.15) is 0 Å². The number of aliphatic hydroxyl groups is 1. The minimum atomic E-state index is -1.13. The summed E-state index contributed by atoms with van der Waals surface area (Å²) in [7, 11) is 0. The van der Waals surface area contributed by atoms with Gasteiger partial charge in [-0.3, -0.25) is 14.4 Å². The average Bonchev–Trinajstić information content (AvgIpc) is 3.51. The zero-order valence-corrected chi connectivity index (χ0v) is 22.2. The molecule has 8 nitrogen and oxygen atoms in total. The molecule has 3 fully saturated rings. The van der Waals surface area contributed by atoms with E-state index < -0.39 is 35.1 Å². The topological polar surface area (TPSA) is 108 Å². The fourth-order valence-corrected chi connectivity index (χ4v) is 6.99. The Morgan fingerprint density at radius 1 is 1.05 bits per heavy atom. The number of benzene rings is 2. The lowest BCUT2D eigenvalue weighted by Crippen LogP contribution is -2.59. The van der Waals surface area contributed by atoms with Crippen LogP contribution in [0.3, 0.4) is 0 Å². The van der Waals surface area contributed by atoms with Gasteiger partial charge in [0.05, 0.1) is 30.1 Å². The lowest BCUT2D eigenvalue weighted by molar-refractivity contribution is -0.150. The molecule has 5 rings (SSSR count). The van der Waals surface area contributed by atoms with Gasteiger partial charge < -0.3 is 25.4 Å². The summed E-state index contributed by atoms with van der Waals surface area (Å²) in [4.78, 5) is 43.5. The van der Waals surface area contributed by atoms with Crippen molar-refractivity contribution in [3.05, 3.63) is 66.2 Å². The Morgan fingerprint density at radius 3 is 2.32 bits per heavy atom. The number of para-hydroxylation sites is 1. The number of amides is 3. The first kappa shape index (κ1) is 26.4. The summed E-state index contributed by atoms with van der Waals surface area (Å²) in [5.74, 6) is -2.44. The second-order valence-electron chi connectivity index (χ2n) is 11.1. The molecule has 2 bridgehead atoms. The number of likely N-dealkylation sites (tertiary alicyclic amines) is 1. The van der Waals surface area contributed by atoms with Crippen LogP contribution in [0, 0.1) is 11.8 Å². The van der Waals surface area contributed by atoms with Crippen molar-refractivity contribution in [3.63, 3.8) is 0 Å². The molecule has 3 saturated heterocycles. The minimum absolute atomic E-state index is 0.146. The van der Waals surface area contributed by atoms with E-state index in [1.54, 1.807) is 0 Å². The second kappa shape index (κ2) is 10.2. The van der Waals surface area contributed by atoms with E-state index in [2.05, 4.69) is 10.6 Å². The van der Waals surface area contributed by atoms with E-state index in [0.717, 1.165) is 5.56 Å². The molecule has 2 unspecified atom stereocenters. The number of hydrogen-bond acceptors (Lipinski definition) is 5. The lowest BCUT2D eigenvalue weighted by atomic mass is 9.65. The van der Waals surface area contributed by atoms with E-state index in [4.69, 9.17) is 4.74 Å². The van der Waals surface area contributed by atoms with E-state index in [-0.39, 0.29) is 30.4 Å². The second-order valence-corrected chi connectivity index (χ2v) is 11.1. The van der Waals surface area contributed by atoms with Crippen LogP contribution in [0.15, 0.2) is 60.7 Å². The first-order valence-corrected chi connectivity index (χ1v) is 13.6. The summed E-state index contributed by atoms with van der Waals surface area (Å²) in [5, 5.41) is 16.5. The number of carbonyl (C=O) groups is 3. The van der Waals surface area contributed by atoms with Gasteiger partial charge in [0.15, 0.2) is 0 Å². The summed E-state index contributed by atoms with van der Waals surface area (Å²) in [6.45, 7) is 5.41. The molecule has 38 heavy (non-hydrogen) atoms. The van der Waals surface area contributed by atoms with Crippen LogP contribution in [0.25, 0.3) is 0 Å². The summed E-state index contributed by atoms with van der Waals surface area (Å²) in [6, 6.07) is 17.1. The molecule has 2 aromatic rings. The Bertz CT molecular complexity index is 1190. The van der Waals surface area contributed by atoms with Gasteiger partial charge >= 0.3 is 0 Å². The fourth-order valence-electron chi connectivity index (χ4n) is 6.99. The van der Waals surface area contributed by atoms with Gasteiger partial charge in [0.2, 0.25) is 17.7 Å². The first-order valence-electron chi connectivity index (χ1n) is 13.6. The van der Waals surface area contributed by atoms with Crippen molar-refractivity contribution in [3.8, 4) is 0 Å². The number of hydrogen-bond donors (Lipinski definition) is 3. The van der Waals surface area contributed by atoms with Crippen LogP contribution in [0.2, 0.25) is 0 Å². The van der Waals surface area contributed by atoms with Crippen LogP contribution >= 0.6 is 0 Å². The smallest absolute Gasteiger partial charge is 0.246 e. The highest BCUT2D eigenvalue weighted by Gasteiger charge is 2.79. The Kier molecular flexibility index (Phi) is 7.05. The third-order valence-electron chi connectivity index (χ3n) is 8.54. The van der Waals surface area contributed by atoms with Crippen molar-refractivity contribution < 1.29 is 24.2 Å². The largest absolute Gasteiger partial charge is 0.394 e. The lowest BCUT2D eigenvalue weighted by Gasteiger charge is -2.37. The molecule has 8 heteroatoms. The summed E-state index contributed by atoms with van der Waals surface area (Å²) in [5.41, 5.74) is -0.357. The van der Waals surface area contributed by atoms with Crippen LogP contribution in [0.5, 0.6) is 0 Å². The number of nitrogens with one attached hydrogen (secondary N) is 2. The normalized spacial score (nSPS) is 30.4. The van der Waals surface area contributed by atoms with Crippen LogP contribution in [0.4, 0.5) is 5.69 Å². The SMILES string of the molecule is CC[C@@]12CCC3(O1)C(C(=O)NC(C)C)N([C@@H](CO)Cc1ccccc1)C(=O)[C@@H]3[C@@H]2C(=O)Nc1ccccc1.